The minimum absolute atomic E-state index is 0.757. The lowest BCUT2D eigenvalue weighted by Gasteiger charge is -2.04. The van der Waals surface area contributed by atoms with Crippen molar-refractivity contribution in [1.29, 1.82) is 0 Å². The molecular weight excluding hydrogens is 210 g/mol. The molecule has 0 amide bonds. The molecule has 0 atom stereocenters. The Morgan fingerprint density at radius 1 is 1.06 bits per heavy atom. The van der Waals surface area contributed by atoms with Crippen molar-refractivity contribution >= 4 is 5.69 Å². The van der Waals surface area contributed by atoms with Gasteiger partial charge in [-0.05, 0) is 52.8 Å². The molecule has 0 radical (unpaired) electrons. The summed E-state index contributed by atoms with van der Waals surface area (Å²) in [4.78, 5) is 0. The van der Waals surface area contributed by atoms with E-state index in [1.54, 1.807) is 0 Å². The molecule has 0 bridgehead atoms. The van der Waals surface area contributed by atoms with Crippen LogP contribution in [-0.2, 0) is 12.8 Å². The van der Waals surface area contributed by atoms with Crippen LogP contribution in [0, 0.1) is 0 Å². The van der Waals surface area contributed by atoms with Gasteiger partial charge in [-0.25, -0.2) is 0 Å². The molecule has 2 nitrogen and oxygen atoms in total. The van der Waals surface area contributed by atoms with Crippen LogP contribution in [0.25, 0.3) is 11.1 Å². The smallest absolute Gasteiger partial charge is 0.0605 e. The van der Waals surface area contributed by atoms with Crippen molar-refractivity contribution in [3.8, 4) is 11.1 Å². The van der Waals surface area contributed by atoms with Gasteiger partial charge in [-0.15, -0.1) is 0 Å². The van der Waals surface area contributed by atoms with E-state index in [1.807, 2.05) is 12.1 Å². The highest BCUT2D eigenvalue weighted by Gasteiger charge is 2.18. The number of fused-ring (bicyclic) bond motifs is 3. The van der Waals surface area contributed by atoms with Gasteiger partial charge >= 0.3 is 0 Å². The summed E-state index contributed by atoms with van der Waals surface area (Å²) >= 11 is 0. The summed E-state index contributed by atoms with van der Waals surface area (Å²) in [6.45, 7) is 2.18. The van der Waals surface area contributed by atoms with E-state index in [4.69, 9.17) is 5.21 Å². The number of hydrogen-bond donors (Lipinski definition) is 2. The second-order valence-electron chi connectivity index (χ2n) is 4.51. The Hall–Kier alpha value is -1.80. The van der Waals surface area contributed by atoms with Gasteiger partial charge in [0, 0.05) is 0 Å². The summed E-state index contributed by atoms with van der Waals surface area (Å²) < 4.78 is 0. The topological polar surface area (TPSA) is 32.3 Å². The largest absolute Gasteiger partial charge is 0.291 e. The minimum atomic E-state index is 0.757. The molecule has 0 aromatic heterocycles. The third-order valence-corrected chi connectivity index (χ3v) is 3.48. The van der Waals surface area contributed by atoms with Crippen LogP contribution in [-0.4, -0.2) is 5.21 Å². The van der Waals surface area contributed by atoms with E-state index in [1.165, 1.54) is 27.8 Å². The summed E-state index contributed by atoms with van der Waals surface area (Å²) in [7, 11) is 0. The number of rotatable bonds is 2. The Labute approximate surface area is 101 Å². The van der Waals surface area contributed by atoms with Crippen molar-refractivity contribution in [3.63, 3.8) is 0 Å². The Bertz CT molecular complexity index is 524. The molecule has 0 aliphatic heterocycles. The molecule has 2 aromatic rings. The monoisotopic (exact) mass is 225 g/mol. The van der Waals surface area contributed by atoms with Crippen molar-refractivity contribution in [3.05, 3.63) is 53.1 Å². The van der Waals surface area contributed by atoms with Gasteiger partial charge in [-0.3, -0.25) is 10.7 Å². The highest BCUT2D eigenvalue weighted by molar-refractivity contribution is 5.78. The summed E-state index contributed by atoms with van der Waals surface area (Å²) in [5, 5.41) is 8.92. The predicted molar refractivity (Wildman–Crippen MR) is 69.5 cm³/mol. The average molecular weight is 225 g/mol. The Morgan fingerprint density at radius 2 is 1.76 bits per heavy atom. The summed E-state index contributed by atoms with van der Waals surface area (Å²) in [5.74, 6) is 0. The zero-order chi connectivity index (χ0) is 11.8. The van der Waals surface area contributed by atoms with E-state index >= 15 is 0 Å². The zero-order valence-corrected chi connectivity index (χ0v) is 9.83. The molecular formula is C15H15NO. The molecule has 0 spiro atoms. The lowest BCUT2D eigenvalue weighted by molar-refractivity contribution is 0.389. The van der Waals surface area contributed by atoms with Crippen LogP contribution in [0.3, 0.4) is 0 Å². The normalized spacial score (nSPS) is 12.1. The van der Waals surface area contributed by atoms with Gasteiger partial charge in [0.05, 0.1) is 5.69 Å². The van der Waals surface area contributed by atoms with Gasteiger partial charge in [0.15, 0.2) is 0 Å². The molecule has 2 aromatic carbocycles. The fourth-order valence-corrected chi connectivity index (χ4v) is 2.55. The van der Waals surface area contributed by atoms with Crippen LogP contribution in [0.4, 0.5) is 5.69 Å². The Morgan fingerprint density at radius 3 is 2.47 bits per heavy atom. The number of hydrogen-bond acceptors (Lipinski definition) is 2. The van der Waals surface area contributed by atoms with Crippen LogP contribution in [0.15, 0.2) is 36.4 Å². The summed E-state index contributed by atoms with van der Waals surface area (Å²) in [6, 6.07) is 12.7. The number of aryl methyl sites for hydroxylation is 1. The van der Waals surface area contributed by atoms with E-state index in [9.17, 15) is 0 Å². The van der Waals surface area contributed by atoms with Crippen LogP contribution < -0.4 is 5.48 Å². The van der Waals surface area contributed by atoms with Crippen molar-refractivity contribution in [1.82, 2.24) is 0 Å². The van der Waals surface area contributed by atoms with Crippen LogP contribution in [0.1, 0.15) is 23.6 Å². The van der Waals surface area contributed by atoms with E-state index in [-0.39, 0.29) is 0 Å². The number of benzene rings is 2. The van der Waals surface area contributed by atoms with E-state index in [2.05, 4.69) is 36.7 Å². The molecule has 0 unspecified atom stereocenters. The molecule has 1 aliphatic rings. The van der Waals surface area contributed by atoms with Crippen LogP contribution in [0.5, 0.6) is 0 Å². The second-order valence-corrected chi connectivity index (χ2v) is 4.51. The number of anilines is 1. The fraction of sp³-hybridized carbons (Fsp3) is 0.200. The highest BCUT2D eigenvalue weighted by atomic mass is 16.5. The first-order valence-corrected chi connectivity index (χ1v) is 5.97. The van der Waals surface area contributed by atoms with Crippen molar-refractivity contribution in [2.75, 3.05) is 5.48 Å². The van der Waals surface area contributed by atoms with Crippen LogP contribution >= 0.6 is 0 Å². The van der Waals surface area contributed by atoms with Gasteiger partial charge in [0.1, 0.15) is 0 Å². The van der Waals surface area contributed by atoms with Gasteiger partial charge in [-0.1, -0.05) is 31.2 Å². The van der Waals surface area contributed by atoms with Crippen molar-refractivity contribution < 1.29 is 5.21 Å². The molecule has 3 rings (SSSR count). The van der Waals surface area contributed by atoms with Crippen LogP contribution in [0.2, 0.25) is 0 Å². The Balaban J connectivity index is 2.10. The minimum Gasteiger partial charge on any atom is -0.291 e. The van der Waals surface area contributed by atoms with E-state index in [0.29, 0.717) is 0 Å². The molecule has 2 N–H and O–H groups in total. The SMILES string of the molecule is CCc1ccc2c(c1)Cc1cc(NO)ccc1-2. The van der Waals surface area contributed by atoms with Crippen molar-refractivity contribution in [2.45, 2.75) is 19.8 Å². The number of nitrogens with one attached hydrogen (secondary N) is 1. The molecule has 86 valence electrons. The third kappa shape index (κ3) is 1.61. The predicted octanol–water partition coefficient (Wildman–Crippen LogP) is 3.62. The van der Waals surface area contributed by atoms with Gasteiger partial charge < -0.3 is 0 Å². The fourth-order valence-electron chi connectivity index (χ4n) is 2.55. The second kappa shape index (κ2) is 3.90. The molecule has 0 saturated heterocycles. The maximum Gasteiger partial charge on any atom is 0.0605 e. The van der Waals surface area contributed by atoms with Gasteiger partial charge in [-0.2, -0.15) is 0 Å². The molecule has 2 heteroatoms. The maximum atomic E-state index is 8.92. The van der Waals surface area contributed by atoms with Crippen molar-refractivity contribution in [2.24, 2.45) is 0 Å². The Kier molecular flexibility index (Phi) is 2.37. The molecule has 0 fully saturated rings. The summed E-state index contributed by atoms with van der Waals surface area (Å²) in [5.41, 5.74) is 9.66. The lowest BCUT2D eigenvalue weighted by Crippen LogP contribution is -1.90. The van der Waals surface area contributed by atoms with E-state index < -0.39 is 0 Å². The zero-order valence-electron chi connectivity index (χ0n) is 9.83. The van der Waals surface area contributed by atoms with E-state index in [0.717, 1.165) is 18.5 Å². The first-order valence-electron chi connectivity index (χ1n) is 5.97. The lowest BCUT2D eigenvalue weighted by atomic mass is 10.0. The summed E-state index contributed by atoms with van der Waals surface area (Å²) in [6.07, 6.45) is 2.04. The molecule has 0 saturated carbocycles. The maximum absolute atomic E-state index is 8.92. The third-order valence-electron chi connectivity index (χ3n) is 3.48. The standard InChI is InChI=1S/C15H15NO/c1-2-10-3-5-14-11(7-10)8-12-9-13(16-17)4-6-15(12)14/h3-7,9,16-17H,2,8H2,1H3. The molecule has 1 aliphatic carbocycles. The first-order chi connectivity index (χ1) is 8.31. The molecule has 0 heterocycles. The highest BCUT2D eigenvalue weighted by Crippen LogP contribution is 2.38. The molecule has 17 heavy (non-hydrogen) atoms. The average Bonchev–Trinajstić information content (AvgIpc) is 2.74. The van der Waals surface area contributed by atoms with Gasteiger partial charge in [0.25, 0.3) is 0 Å². The quantitative estimate of drug-likeness (QED) is 0.653. The van der Waals surface area contributed by atoms with Gasteiger partial charge in [0.2, 0.25) is 0 Å². The first kappa shape index (κ1) is 10.4.